The number of ether oxygens (including phenoxy) is 5. The van der Waals surface area contributed by atoms with Crippen molar-refractivity contribution in [3.63, 3.8) is 0 Å². The number of aromatic amines is 2. The van der Waals surface area contributed by atoms with Crippen LogP contribution in [-0.4, -0.2) is 120 Å². The van der Waals surface area contributed by atoms with Crippen molar-refractivity contribution in [2.24, 2.45) is 0 Å². The van der Waals surface area contributed by atoms with Crippen LogP contribution in [0.15, 0.2) is 54.9 Å². The van der Waals surface area contributed by atoms with E-state index in [4.69, 9.17) is 28.9 Å². The first kappa shape index (κ1) is 41.9. The maximum atomic E-state index is 14.2. The fourth-order valence-electron chi connectivity index (χ4n) is 7.42. The van der Waals surface area contributed by atoms with Crippen molar-refractivity contribution < 1.29 is 38.1 Å². The Morgan fingerprint density at radius 2 is 1.28 bits per heavy atom. The lowest BCUT2D eigenvalue weighted by Crippen LogP contribution is -2.46. The number of nitrogens with one attached hydrogen (secondary N) is 4. The first-order valence-electron chi connectivity index (χ1n) is 18.9. The topological polar surface area (TPSA) is 185 Å². The number of amides is 3. The van der Waals surface area contributed by atoms with Gasteiger partial charge in [-0.25, -0.2) is 14.8 Å². The highest BCUT2D eigenvalue weighted by Gasteiger charge is 2.39. The number of benzene rings is 2. The number of imidazole rings is 2. The lowest BCUT2D eigenvalue weighted by atomic mass is 10.1. The Hall–Kier alpha value is -4.83. The molecule has 2 aliphatic rings. The number of hydrogen-bond acceptors (Lipinski definition) is 15. The molecule has 316 valence electrons. The van der Waals surface area contributed by atoms with Crippen LogP contribution in [0.3, 0.4) is 0 Å². The summed E-state index contributed by atoms with van der Waals surface area (Å²) in [6.45, 7) is 2.73. The summed E-state index contributed by atoms with van der Waals surface area (Å²) < 4.78 is 29.5. The van der Waals surface area contributed by atoms with Crippen LogP contribution in [0.5, 0.6) is 11.5 Å². The molecule has 20 heteroatoms. The zero-order valence-corrected chi connectivity index (χ0v) is 36.9. The summed E-state index contributed by atoms with van der Waals surface area (Å²) in [6.07, 6.45) is 2.29. The average Bonchev–Trinajstić information content (AvgIpc) is 4.12. The van der Waals surface area contributed by atoms with Crippen LogP contribution in [0.1, 0.15) is 40.9 Å². The van der Waals surface area contributed by atoms with Crippen LogP contribution in [-0.2, 0) is 23.8 Å². The fraction of sp³-hybridized carbons (Fsp3) is 0.375. The minimum absolute atomic E-state index is 0.107. The van der Waals surface area contributed by atoms with Crippen molar-refractivity contribution in [2.75, 3.05) is 60.1 Å². The summed E-state index contributed by atoms with van der Waals surface area (Å²) in [5, 5.41) is 6.90. The number of nitrogens with zero attached hydrogens (tertiary/aromatic N) is 4. The molecular formula is C40H44N8O8S4. The molecule has 4 N–H and O–H groups in total. The lowest BCUT2D eigenvalue weighted by molar-refractivity contribution is -0.149. The van der Waals surface area contributed by atoms with Crippen molar-refractivity contribution in [3.05, 3.63) is 72.1 Å². The molecule has 0 spiro atoms. The predicted octanol–water partition coefficient (Wildman–Crippen LogP) is 6.71. The maximum Gasteiger partial charge on any atom is 0.407 e. The van der Waals surface area contributed by atoms with Gasteiger partial charge in [0.25, 0.3) is 0 Å². The molecule has 4 atom stereocenters. The second kappa shape index (κ2) is 18.0. The summed E-state index contributed by atoms with van der Waals surface area (Å²) in [4.78, 5) is 61.3. The molecule has 0 aliphatic carbocycles. The van der Waals surface area contributed by atoms with E-state index in [-0.39, 0.29) is 22.6 Å². The van der Waals surface area contributed by atoms with E-state index in [1.165, 1.54) is 21.3 Å². The van der Waals surface area contributed by atoms with Crippen molar-refractivity contribution in [1.29, 1.82) is 0 Å². The van der Waals surface area contributed by atoms with E-state index in [0.717, 1.165) is 58.4 Å². The standard InChI is InChI=1S/C40H44N8O8S4/c1-20(43-39(51)54-4)35(49)47-12-14-57-37(47)33-41-18-24(44-33)26-16-22-29(52-2)32-23(30(53-3)31(22)59-26)17-27(60-32)25-19-42-34(45-25)38-48(13-15-58-38)36(50)28(46-40(55-5)56-6)21-10-8-7-9-11-21/h7-11,16-20,28,37-38,40,46H,12-15H2,1-6H3,(H,41,44)(H,42,45)(H,43,51)/t20?,28?,37-,38-/m0/s1. The molecule has 0 bridgehead atoms. The van der Waals surface area contributed by atoms with Gasteiger partial charge < -0.3 is 48.8 Å². The molecule has 2 aromatic carbocycles. The molecule has 3 amide bonds. The zero-order valence-electron chi connectivity index (χ0n) is 33.6. The first-order chi connectivity index (χ1) is 29.2. The Kier molecular flexibility index (Phi) is 12.6. The number of aromatic nitrogens is 4. The highest BCUT2D eigenvalue weighted by molar-refractivity contribution is 8.00. The van der Waals surface area contributed by atoms with E-state index < -0.39 is 24.6 Å². The van der Waals surface area contributed by atoms with Crippen molar-refractivity contribution in [2.45, 2.75) is 36.2 Å². The summed E-state index contributed by atoms with van der Waals surface area (Å²) in [5.41, 5.74) is 2.27. The van der Waals surface area contributed by atoms with Crippen LogP contribution in [0.2, 0.25) is 0 Å². The quantitative estimate of drug-likeness (QED) is 0.0847. The van der Waals surface area contributed by atoms with Gasteiger partial charge in [0.1, 0.15) is 46.0 Å². The zero-order chi connectivity index (χ0) is 42.1. The summed E-state index contributed by atoms with van der Waals surface area (Å²) in [5.74, 6) is 3.94. The molecule has 8 rings (SSSR count). The van der Waals surface area contributed by atoms with Crippen molar-refractivity contribution in [3.8, 4) is 32.6 Å². The smallest absolute Gasteiger partial charge is 0.407 e. The van der Waals surface area contributed by atoms with E-state index in [9.17, 15) is 14.4 Å². The van der Waals surface area contributed by atoms with Gasteiger partial charge in [0.05, 0.1) is 51.9 Å². The highest BCUT2D eigenvalue weighted by atomic mass is 32.2. The number of methoxy groups -OCH3 is 5. The van der Waals surface area contributed by atoms with Crippen LogP contribution >= 0.6 is 46.2 Å². The number of carbonyl (C=O) groups excluding carboxylic acids is 3. The van der Waals surface area contributed by atoms with Gasteiger partial charge >= 0.3 is 6.09 Å². The van der Waals surface area contributed by atoms with E-state index in [1.807, 2.05) is 47.6 Å². The van der Waals surface area contributed by atoms with Crippen LogP contribution < -0.4 is 20.1 Å². The molecule has 2 saturated heterocycles. The monoisotopic (exact) mass is 892 g/mol. The number of rotatable bonds is 14. The number of alkyl carbamates (subject to hydrolysis) is 1. The number of carbonyl (C=O) groups is 3. The molecule has 4 aromatic heterocycles. The summed E-state index contributed by atoms with van der Waals surface area (Å²) in [7, 11) is 7.64. The van der Waals surface area contributed by atoms with E-state index in [0.29, 0.717) is 36.2 Å². The second-order valence-electron chi connectivity index (χ2n) is 13.8. The summed E-state index contributed by atoms with van der Waals surface area (Å²) >= 11 is 6.37. The average molecular weight is 893 g/mol. The van der Waals surface area contributed by atoms with Gasteiger partial charge in [0.2, 0.25) is 18.2 Å². The third-order valence-electron chi connectivity index (χ3n) is 10.3. The minimum atomic E-state index is -0.773. The molecule has 2 fully saturated rings. The molecule has 2 unspecified atom stereocenters. The third kappa shape index (κ3) is 7.92. The fourth-order valence-corrected chi connectivity index (χ4v) is 12.1. The van der Waals surface area contributed by atoms with E-state index in [1.54, 1.807) is 72.2 Å². The highest BCUT2D eigenvalue weighted by Crippen LogP contribution is 2.52. The van der Waals surface area contributed by atoms with Gasteiger partial charge in [-0.05, 0) is 24.6 Å². The summed E-state index contributed by atoms with van der Waals surface area (Å²) in [6, 6.07) is 12.2. The Morgan fingerprint density at radius 3 is 1.77 bits per heavy atom. The normalized spacial score (nSPS) is 17.8. The SMILES string of the molecule is COC(=O)NC(C)C(=O)N1CCS[C@H]1c1nc(-c2cc3c(OC)c4sc(-c5c[nH]c([C@@H]6SCCN6C(=O)C(NC(OC)OC)c6ccccc6)n5)cc4c(OC)c3s2)c[nH]1. The van der Waals surface area contributed by atoms with Gasteiger partial charge in [-0.3, -0.25) is 14.9 Å². The molecule has 60 heavy (non-hydrogen) atoms. The predicted molar refractivity (Wildman–Crippen MR) is 234 cm³/mol. The molecule has 2 aliphatic heterocycles. The number of thioether (sulfide) groups is 2. The number of H-pyrrole nitrogens is 2. The third-order valence-corrected chi connectivity index (χ3v) is 15.0. The van der Waals surface area contributed by atoms with E-state index in [2.05, 4.69) is 37.5 Å². The number of thiophene rings is 2. The van der Waals surface area contributed by atoms with E-state index >= 15 is 0 Å². The molecule has 0 radical (unpaired) electrons. The molecular weight excluding hydrogens is 849 g/mol. The van der Waals surface area contributed by atoms with Gasteiger partial charge in [0.15, 0.2) is 0 Å². The molecule has 6 aromatic rings. The van der Waals surface area contributed by atoms with Crippen LogP contribution in [0.4, 0.5) is 4.79 Å². The van der Waals surface area contributed by atoms with Crippen molar-refractivity contribution >= 4 is 84.3 Å². The minimum Gasteiger partial charge on any atom is -0.495 e. The van der Waals surface area contributed by atoms with Gasteiger partial charge in [-0.1, -0.05) is 30.3 Å². The maximum absolute atomic E-state index is 14.2. The second-order valence-corrected chi connectivity index (χ2v) is 18.3. The van der Waals surface area contributed by atoms with Crippen LogP contribution in [0, 0.1) is 0 Å². The number of hydrogen-bond donors (Lipinski definition) is 4. The Labute approximate surface area is 362 Å². The molecule has 16 nitrogen and oxygen atoms in total. The Morgan fingerprint density at radius 1 is 0.767 bits per heavy atom. The van der Waals surface area contributed by atoms with Crippen molar-refractivity contribution in [1.82, 2.24) is 40.4 Å². The molecule has 0 saturated carbocycles. The van der Waals surface area contributed by atoms with Crippen LogP contribution in [0.25, 0.3) is 41.3 Å². The van der Waals surface area contributed by atoms with Gasteiger partial charge in [-0.2, -0.15) is 0 Å². The Bertz CT molecular complexity index is 2440. The lowest BCUT2D eigenvalue weighted by Gasteiger charge is -2.29. The number of fused-ring (bicyclic) bond motifs is 2. The van der Waals surface area contributed by atoms with Gasteiger partial charge in [0, 0.05) is 62.0 Å². The largest absolute Gasteiger partial charge is 0.495 e. The molecule has 6 heterocycles. The van der Waals surface area contributed by atoms with Gasteiger partial charge in [-0.15, -0.1) is 46.2 Å². The first-order valence-corrected chi connectivity index (χ1v) is 22.7. The Balaban J connectivity index is 1.06.